The first-order valence-corrected chi connectivity index (χ1v) is 19.7. The number of hydrogen-bond donors (Lipinski definition) is 2. The molecule has 4 aromatic heterocycles. The van der Waals surface area contributed by atoms with Gasteiger partial charge in [-0.3, -0.25) is 9.97 Å². The van der Waals surface area contributed by atoms with Crippen LogP contribution in [0.25, 0.3) is 44.3 Å². The third-order valence-corrected chi connectivity index (χ3v) is 9.80. The van der Waals surface area contributed by atoms with E-state index in [1.165, 1.54) is 11.1 Å². The number of nitrogens with zero attached hydrogens (tertiary/aromatic N) is 6. The molecule has 0 saturated heterocycles. The molecule has 0 aliphatic rings. The number of carbonyl (C=O) groups is 1. The summed E-state index contributed by atoms with van der Waals surface area (Å²) in [5.74, 6) is 2.78. The van der Waals surface area contributed by atoms with E-state index in [1.54, 1.807) is 12.4 Å². The Labute approximate surface area is 330 Å². The molecule has 0 aliphatic carbocycles. The van der Waals surface area contributed by atoms with E-state index in [4.69, 9.17) is 20.4 Å². The van der Waals surface area contributed by atoms with Crippen molar-refractivity contribution >= 4 is 28.2 Å². The van der Waals surface area contributed by atoms with Gasteiger partial charge in [-0.05, 0) is 115 Å². The van der Waals surface area contributed by atoms with Crippen LogP contribution in [0.2, 0.25) is 0 Å². The lowest BCUT2D eigenvalue weighted by Crippen LogP contribution is -2.32. The molecule has 0 bridgehead atoms. The fraction of sp³-hybridized carbons (Fsp3) is 0.326. The van der Waals surface area contributed by atoms with E-state index in [9.17, 15) is 4.79 Å². The number of alkyl carbamates (subject to hydrolysis) is 1. The van der Waals surface area contributed by atoms with E-state index < -0.39 is 6.09 Å². The molecular weight excluding hydrogens is 697 g/mol. The molecule has 10 nitrogen and oxygen atoms in total. The van der Waals surface area contributed by atoms with Crippen LogP contribution in [0, 0.1) is 11.8 Å². The first-order chi connectivity index (χ1) is 27.1. The van der Waals surface area contributed by atoms with Gasteiger partial charge in [-0.2, -0.15) is 0 Å². The van der Waals surface area contributed by atoms with Crippen molar-refractivity contribution in [3.63, 3.8) is 0 Å². The van der Waals surface area contributed by atoms with E-state index in [-0.39, 0.29) is 18.7 Å². The monoisotopic (exact) mass is 750 g/mol. The van der Waals surface area contributed by atoms with E-state index in [1.807, 2.05) is 73.1 Å². The highest BCUT2D eigenvalue weighted by Crippen LogP contribution is 2.30. The van der Waals surface area contributed by atoms with Crippen molar-refractivity contribution in [2.75, 3.05) is 0 Å². The van der Waals surface area contributed by atoms with Crippen molar-refractivity contribution in [1.29, 1.82) is 0 Å². The second-order valence-electron chi connectivity index (χ2n) is 14.9. The minimum absolute atomic E-state index is 0.0216. The van der Waals surface area contributed by atoms with Crippen LogP contribution in [-0.2, 0) is 24.4 Å². The zero-order chi connectivity index (χ0) is 39.6. The van der Waals surface area contributed by atoms with Gasteiger partial charge in [-0.15, -0.1) is 0 Å². The fourth-order valence-corrected chi connectivity index (χ4v) is 7.16. The number of benzene rings is 3. The number of carbonyl (C=O) groups excluding carboxylic acids is 1. The van der Waals surface area contributed by atoms with Crippen LogP contribution in [0.1, 0.15) is 83.7 Å². The molecule has 0 unspecified atom stereocenters. The summed E-state index contributed by atoms with van der Waals surface area (Å²) < 4.78 is 9.92. The zero-order valence-electron chi connectivity index (χ0n) is 33.4. The number of amides is 1. The number of pyridine rings is 2. The Bertz CT molecular complexity index is 2320. The Kier molecular flexibility index (Phi) is 13.3. The molecule has 0 radical (unpaired) electrons. The van der Waals surface area contributed by atoms with Crippen molar-refractivity contribution in [1.82, 2.24) is 34.4 Å². The van der Waals surface area contributed by atoms with Gasteiger partial charge in [-0.25, -0.2) is 14.8 Å². The lowest BCUT2D eigenvalue weighted by Gasteiger charge is -2.21. The smallest absolute Gasteiger partial charge is 0.408 e. The quantitative estimate of drug-likeness (QED) is 0.120. The maximum Gasteiger partial charge on any atom is 0.408 e. The van der Waals surface area contributed by atoms with Gasteiger partial charge in [0.25, 0.3) is 0 Å². The second-order valence-corrected chi connectivity index (χ2v) is 14.9. The fourth-order valence-electron chi connectivity index (χ4n) is 7.16. The summed E-state index contributed by atoms with van der Waals surface area (Å²) in [6.45, 7) is 14.8. The maximum atomic E-state index is 12.7. The average molecular weight is 751 g/mol. The Morgan fingerprint density at radius 3 is 1.66 bits per heavy atom. The number of rotatable bonds is 13. The van der Waals surface area contributed by atoms with E-state index >= 15 is 0 Å². The van der Waals surface area contributed by atoms with Gasteiger partial charge >= 0.3 is 6.09 Å². The van der Waals surface area contributed by atoms with Gasteiger partial charge in [0.15, 0.2) is 0 Å². The summed E-state index contributed by atoms with van der Waals surface area (Å²) in [4.78, 5) is 30.6. The Balaban J connectivity index is 0.000000202. The first-order valence-electron chi connectivity index (χ1n) is 19.7. The summed E-state index contributed by atoms with van der Waals surface area (Å²) in [5.41, 5.74) is 16.0. The van der Waals surface area contributed by atoms with Crippen LogP contribution < -0.4 is 11.1 Å². The highest BCUT2D eigenvalue weighted by atomic mass is 16.5. The Hall–Kier alpha value is -5.87. The standard InChI is InChI=1S/C27H30N4O2.C19H24N4/c1-4-31-25-17-22(21-12-14-28-15-13-21)10-11-23(25)29-26(31)24(16-19(2)3)30-27(32)33-18-20-8-6-5-7-9-20;1-4-23-18-12-15(14-7-9-21-10-8-14)5-6-17(18)22-19(23)16(20)11-13(2)3/h5-15,17,19,24H,4,16,18H2,1-3H3,(H,30,32);5-10,12-13,16H,4,11,20H2,1-3H3/t24-;16-/m11/s1. The molecule has 56 heavy (non-hydrogen) atoms. The molecule has 7 rings (SSSR count). The number of fused-ring (bicyclic) bond motifs is 2. The number of nitrogens with one attached hydrogen (secondary N) is 1. The molecule has 4 heterocycles. The molecule has 3 aromatic carbocycles. The summed E-state index contributed by atoms with van der Waals surface area (Å²) in [7, 11) is 0. The number of imidazole rings is 2. The highest BCUT2D eigenvalue weighted by Gasteiger charge is 2.24. The van der Waals surface area contributed by atoms with Crippen molar-refractivity contribution < 1.29 is 9.53 Å². The summed E-state index contributed by atoms with van der Waals surface area (Å²) in [6.07, 6.45) is 8.51. The van der Waals surface area contributed by atoms with Crippen LogP contribution in [-0.4, -0.2) is 35.2 Å². The normalized spacial score (nSPS) is 12.4. The Morgan fingerprint density at radius 1 is 0.661 bits per heavy atom. The van der Waals surface area contributed by atoms with Gasteiger partial charge < -0.3 is 24.9 Å². The van der Waals surface area contributed by atoms with Crippen LogP contribution in [0.5, 0.6) is 0 Å². The molecule has 3 N–H and O–H groups in total. The minimum Gasteiger partial charge on any atom is -0.445 e. The van der Waals surface area contributed by atoms with Crippen molar-refractivity contribution in [3.8, 4) is 22.3 Å². The minimum atomic E-state index is -0.434. The van der Waals surface area contributed by atoms with Crippen LogP contribution >= 0.6 is 0 Å². The summed E-state index contributed by atoms with van der Waals surface area (Å²) >= 11 is 0. The van der Waals surface area contributed by atoms with Crippen molar-refractivity contribution in [2.24, 2.45) is 17.6 Å². The molecule has 10 heteroatoms. The van der Waals surface area contributed by atoms with Crippen LogP contribution in [0.3, 0.4) is 0 Å². The van der Waals surface area contributed by atoms with E-state index in [0.29, 0.717) is 11.8 Å². The average Bonchev–Trinajstić information content (AvgIpc) is 3.78. The van der Waals surface area contributed by atoms with Gasteiger partial charge in [0.05, 0.1) is 34.2 Å². The number of ether oxygens (including phenoxy) is 1. The third kappa shape index (κ3) is 9.67. The number of aryl methyl sites for hydroxylation is 2. The third-order valence-electron chi connectivity index (χ3n) is 9.80. The van der Waals surface area contributed by atoms with Gasteiger partial charge in [0.1, 0.15) is 18.3 Å². The predicted molar refractivity (Wildman–Crippen MR) is 226 cm³/mol. The lowest BCUT2D eigenvalue weighted by molar-refractivity contribution is 0.133. The van der Waals surface area contributed by atoms with Gasteiger partial charge in [0, 0.05) is 37.9 Å². The van der Waals surface area contributed by atoms with Crippen molar-refractivity contribution in [2.45, 2.75) is 86.2 Å². The molecule has 2 atom stereocenters. The largest absolute Gasteiger partial charge is 0.445 e. The second kappa shape index (κ2) is 18.6. The van der Waals surface area contributed by atoms with Crippen LogP contribution in [0.15, 0.2) is 116 Å². The molecule has 0 spiro atoms. The van der Waals surface area contributed by atoms with Crippen LogP contribution in [0.4, 0.5) is 4.79 Å². The highest BCUT2D eigenvalue weighted by molar-refractivity contribution is 5.84. The summed E-state index contributed by atoms with van der Waals surface area (Å²) in [6, 6.07) is 30.2. The SMILES string of the molecule is CCn1c([C@@H](CC(C)C)NC(=O)OCc2ccccc2)nc2ccc(-c3ccncc3)cc21.CCn1c([C@H](N)CC(C)C)nc2ccc(-c3ccncc3)cc21. The maximum absolute atomic E-state index is 12.7. The molecule has 0 aliphatic heterocycles. The molecule has 7 aromatic rings. The zero-order valence-corrected chi connectivity index (χ0v) is 33.4. The summed E-state index contributed by atoms with van der Waals surface area (Å²) in [5, 5.41) is 3.06. The van der Waals surface area contributed by atoms with Gasteiger partial charge in [0.2, 0.25) is 0 Å². The van der Waals surface area contributed by atoms with E-state index in [0.717, 1.165) is 76.3 Å². The lowest BCUT2D eigenvalue weighted by atomic mass is 10.0. The molecule has 0 saturated carbocycles. The van der Waals surface area contributed by atoms with Crippen molar-refractivity contribution in [3.05, 3.63) is 133 Å². The molecule has 0 fully saturated rings. The predicted octanol–water partition coefficient (Wildman–Crippen LogP) is 10.3. The molecule has 290 valence electrons. The van der Waals surface area contributed by atoms with E-state index in [2.05, 4.69) is 96.3 Å². The van der Waals surface area contributed by atoms with Gasteiger partial charge in [-0.1, -0.05) is 70.2 Å². The molecule has 1 amide bonds. The number of aromatic nitrogens is 6. The molecular formula is C46H54N8O2. The number of hydrogen-bond acceptors (Lipinski definition) is 7. The topological polar surface area (TPSA) is 126 Å². The Morgan fingerprint density at radius 2 is 1.16 bits per heavy atom. The number of nitrogens with two attached hydrogens (primary N) is 1. The first kappa shape index (κ1) is 39.8.